The maximum absolute atomic E-state index is 12.5. The van der Waals surface area contributed by atoms with E-state index >= 15 is 0 Å². The monoisotopic (exact) mass is 361 g/mol. The van der Waals surface area contributed by atoms with Gasteiger partial charge in [-0.05, 0) is 12.2 Å². The molecule has 0 spiro atoms. The van der Waals surface area contributed by atoms with Gasteiger partial charge in [0.05, 0.1) is 0 Å². The lowest BCUT2D eigenvalue weighted by atomic mass is 10.2. The molecule has 0 aliphatic heterocycles. The first-order chi connectivity index (χ1) is 10.5. The van der Waals surface area contributed by atoms with Gasteiger partial charge in [0.15, 0.2) is 0 Å². The number of carbonyl (C=O) groups is 1. The Balaban J connectivity index is 2.70. The molecule has 2 N–H and O–H groups in total. The molecule has 1 rings (SSSR count). The number of hydrogen-bond donors (Lipinski definition) is 2. The second-order valence-corrected chi connectivity index (χ2v) is 10.6. The zero-order chi connectivity index (χ0) is 16.6. The molecule has 22 heavy (non-hydrogen) atoms. The van der Waals surface area contributed by atoms with E-state index in [2.05, 4.69) is 0 Å². The normalized spacial score (nSPS) is 13.7. The number of nitrogens with two attached hydrogens (primary N) is 1. The van der Waals surface area contributed by atoms with Gasteiger partial charge in [0.2, 0.25) is 5.12 Å². The molecule has 0 aliphatic carbocycles. The van der Waals surface area contributed by atoms with Crippen LogP contribution in [0, 0.1) is 0 Å². The van der Waals surface area contributed by atoms with E-state index in [0.717, 1.165) is 0 Å². The molecule has 0 saturated heterocycles. The van der Waals surface area contributed by atoms with E-state index in [1.165, 1.54) is 0 Å². The fourth-order valence-corrected chi connectivity index (χ4v) is 6.16. The van der Waals surface area contributed by atoms with Gasteiger partial charge < -0.3 is 19.0 Å². The predicted molar refractivity (Wildman–Crippen MR) is 97.6 cm³/mol. The number of carbonyl (C=O) groups excluding carboxylic acids is 1. The van der Waals surface area contributed by atoms with Crippen LogP contribution in [0.1, 0.15) is 16.8 Å². The van der Waals surface area contributed by atoms with Crippen molar-refractivity contribution < 1.29 is 18.1 Å². The summed E-state index contributed by atoms with van der Waals surface area (Å²) in [5.74, 6) is 0.614. The maximum Gasteiger partial charge on any atom is 0.500 e. The highest BCUT2D eigenvalue weighted by Gasteiger charge is 2.37. The lowest BCUT2D eigenvalue weighted by molar-refractivity contribution is 0.108. The molecule has 1 atom stereocenters. The number of hydrogen-bond acceptors (Lipinski definition) is 5. The fraction of sp³-hybridized carbons (Fsp3) is 0.429. The first kappa shape index (κ1) is 19.3. The van der Waals surface area contributed by atoms with Crippen LogP contribution in [-0.2, 0) is 13.3 Å². The van der Waals surface area contributed by atoms with Gasteiger partial charge in [0.1, 0.15) is 4.32 Å². The zero-order valence-corrected chi connectivity index (χ0v) is 15.8. The summed E-state index contributed by atoms with van der Waals surface area (Å²) in [7, 11) is 0.905. The van der Waals surface area contributed by atoms with Gasteiger partial charge in [0.25, 0.3) is 0 Å². The standard InChI is InChI=1S/C14H23NO4S2Si/c1-17-22(18-2,19-3)11-7-10-21(14(15)20)13(16)12-8-5-4-6-9-12/h4-6,8-9,21H,7,10-11H2,1-3H3,(H2,15,20). The van der Waals surface area contributed by atoms with Crippen molar-refractivity contribution in [2.24, 2.45) is 5.73 Å². The summed E-state index contributed by atoms with van der Waals surface area (Å²) in [5.41, 5.74) is 6.43. The molecule has 124 valence electrons. The average Bonchev–Trinajstić information content (AvgIpc) is 2.56. The fourth-order valence-electron chi connectivity index (χ4n) is 2.06. The Morgan fingerprint density at radius 2 is 1.73 bits per heavy atom. The largest absolute Gasteiger partial charge is 0.500 e. The Labute approximate surface area is 140 Å². The average molecular weight is 362 g/mol. The second kappa shape index (κ2) is 9.38. The van der Waals surface area contributed by atoms with Crippen LogP contribution in [-0.4, -0.2) is 45.3 Å². The van der Waals surface area contributed by atoms with E-state index in [9.17, 15) is 4.79 Å². The molecule has 0 bridgehead atoms. The van der Waals surface area contributed by atoms with Crippen LogP contribution in [0.2, 0.25) is 6.04 Å². The first-order valence-corrected chi connectivity index (χ1v) is 10.7. The molecule has 1 aromatic carbocycles. The van der Waals surface area contributed by atoms with Crippen LogP contribution < -0.4 is 5.73 Å². The summed E-state index contributed by atoms with van der Waals surface area (Å²) in [6.07, 6.45) is 0.712. The van der Waals surface area contributed by atoms with Crippen molar-refractivity contribution in [1.29, 1.82) is 0 Å². The molecular weight excluding hydrogens is 338 g/mol. The van der Waals surface area contributed by atoms with Gasteiger partial charge in [0, 0.05) is 32.9 Å². The summed E-state index contributed by atoms with van der Waals surface area (Å²) in [4.78, 5) is 12.5. The zero-order valence-electron chi connectivity index (χ0n) is 13.1. The predicted octanol–water partition coefficient (Wildman–Crippen LogP) is 2.34. The number of benzene rings is 1. The highest BCUT2D eigenvalue weighted by Crippen LogP contribution is 2.32. The Morgan fingerprint density at radius 1 is 1.18 bits per heavy atom. The van der Waals surface area contributed by atoms with Gasteiger partial charge in [-0.2, -0.15) is 0 Å². The van der Waals surface area contributed by atoms with Crippen molar-refractivity contribution in [3.63, 3.8) is 0 Å². The molecule has 5 nitrogen and oxygen atoms in total. The summed E-state index contributed by atoms with van der Waals surface area (Å²) in [6.45, 7) is 0. The van der Waals surface area contributed by atoms with Gasteiger partial charge in [-0.3, -0.25) is 4.79 Å². The maximum atomic E-state index is 12.5. The number of thiocarbonyl (C=S) groups is 1. The van der Waals surface area contributed by atoms with Crippen LogP contribution in [0.15, 0.2) is 30.3 Å². The topological polar surface area (TPSA) is 70.8 Å². The Bertz CT molecular complexity index is 489. The molecule has 0 aliphatic rings. The number of rotatable bonds is 8. The van der Waals surface area contributed by atoms with Crippen molar-refractivity contribution in [3.05, 3.63) is 35.9 Å². The van der Waals surface area contributed by atoms with Crippen LogP contribution in [0.5, 0.6) is 0 Å². The molecule has 0 radical (unpaired) electrons. The van der Waals surface area contributed by atoms with Gasteiger partial charge in [-0.1, -0.05) is 42.5 Å². The van der Waals surface area contributed by atoms with Crippen molar-refractivity contribution in [3.8, 4) is 0 Å². The summed E-state index contributed by atoms with van der Waals surface area (Å²) in [5, 5.41) is 0.0163. The van der Waals surface area contributed by atoms with Gasteiger partial charge in [-0.25, -0.2) is 0 Å². The summed E-state index contributed by atoms with van der Waals surface area (Å²) in [6, 6.07) is 9.73. The lowest BCUT2D eigenvalue weighted by Gasteiger charge is -2.25. The molecule has 0 saturated carbocycles. The third-order valence-corrected chi connectivity index (χ3v) is 8.87. The number of thiol groups is 1. The van der Waals surface area contributed by atoms with E-state index in [1.54, 1.807) is 33.5 Å². The first-order valence-electron chi connectivity index (χ1n) is 6.81. The molecular formula is C14H23NO4S2Si. The van der Waals surface area contributed by atoms with Crippen LogP contribution in [0.3, 0.4) is 0 Å². The van der Waals surface area contributed by atoms with Gasteiger partial charge in [-0.15, -0.1) is 10.9 Å². The molecule has 8 heteroatoms. The van der Waals surface area contributed by atoms with E-state index in [-0.39, 0.29) is 9.44 Å². The molecule has 0 aromatic heterocycles. The molecule has 1 unspecified atom stereocenters. The second-order valence-electron chi connectivity index (χ2n) is 4.56. The lowest BCUT2D eigenvalue weighted by Crippen LogP contribution is -2.42. The third-order valence-electron chi connectivity index (χ3n) is 3.33. The summed E-state index contributed by atoms with van der Waals surface area (Å²) >= 11 is 5.09. The smallest absolute Gasteiger partial charge is 0.386 e. The van der Waals surface area contributed by atoms with E-state index < -0.39 is 19.7 Å². The summed E-state index contributed by atoms with van der Waals surface area (Å²) < 4.78 is 16.4. The molecule has 0 heterocycles. The SMILES string of the molecule is CO[Si](CCC[SH](C(=O)c1ccccc1)C(N)=S)(OC)OC. The van der Waals surface area contributed by atoms with Crippen LogP contribution in [0.25, 0.3) is 0 Å². The quantitative estimate of drug-likeness (QED) is 0.421. The van der Waals surface area contributed by atoms with Crippen LogP contribution in [0.4, 0.5) is 0 Å². The molecule has 0 fully saturated rings. The van der Waals surface area contributed by atoms with Crippen molar-refractivity contribution in [2.75, 3.05) is 27.1 Å². The molecule has 1 aromatic rings. The van der Waals surface area contributed by atoms with Gasteiger partial charge >= 0.3 is 8.80 Å². The van der Waals surface area contributed by atoms with Crippen molar-refractivity contribution in [1.82, 2.24) is 0 Å². The minimum atomic E-state index is -2.62. The van der Waals surface area contributed by atoms with Crippen molar-refractivity contribution in [2.45, 2.75) is 12.5 Å². The van der Waals surface area contributed by atoms with E-state index in [0.29, 0.717) is 23.8 Å². The molecule has 0 amide bonds. The Kier molecular flexibility index (Phi) is 8.22. The Morgan fingerprint density at radius 3 is 2.18 bits per heavy atom. The minimum Gasteiger partial charge on any atom is -0.386 e. The third kappa shape index (κ3) is 5.15. The highest BCUT2D eigenvalue weighted by atomic mass is 32.2. The van der Waals surface area contributed by atoms with Crippen molar-refractivity contribution >= 4 is 41.4 Å². The minimum absolute atomic E-state index is 0.0163. The van der Waals surface area contributed by atoms with E-state index in [4.69, 9.17) is 31.2 Å². The Hall–Kier alpha value is -0.773. The van der Waals surface area contributed by atoms with E-state index in [1.807, 2.05) is 18.2 Å². The van der Waals surface area contributed by atoms with Crippen LogP contribution >= 0.6 is 23.1 Å². The highest BCUT2D eigenvalue weighted by molar-refractivity contribution is 8.46.